The van der Waals surface area contributed by atoms with E-state index in [2.05, 4.69) is 10.4 Å². The summed E-state index contributed by atoms with van der Waals surface area (Å²) in [6, 6.07) is 3.22. The molecule has 0 radical (unpaired) electrons. The van der Waals surface area contributed by atoms with Crippen molar-refractivity contribution in [1.29, 1.82) is 0 Å². The van der Waals surface area contributed by atoms with Gasteiger partial charge in [-0.05, 0) is 12.1 Å². The van der Waals surface area contributed by atoms with Crippen molar-refractivity contribution in [2.45, 2.75) is 13.0 Å². The van der Waals surface area contributed by atoms with Crippen LogP contribution in [-0.2, 0) is 18.4 Å². The van der Waals surface area contributed by atoms with Crippen LogP contribution in [0.15, 0.2) is 35.2 Å². The van der Waals surface area contributed by atoms with Crippen LogP contribution < -0.4 is 5.32 Å². The van der Waals surface area contributed by atoms with Crippen molar-refractivity contribution in [2.75, 3.05) is 13.6 Å². The van der Waals surface area contributed by atoms with Crippen molar-refractivity contribution in [3.05, 3.63) is 42.1 Å². The smallest absolute Gasteiger partial charge is 0.286 e. The van der Waals surface area contributed by atoms with E-state index in [1.807, 2.05) is 13.2 Å². The summed E-state index contributed by atoms with van der Waals surface area (Å²) in [7, 11) is 3.55. The molecule has 2 heterocycles. The fraction of sp³-hybridized carbons (Fsp3) is 0.357. The van der Waals surface area contributed by atoms with Gasteiger partial charge in [-0.1, -0.05) is 0 Å². The van der Waals surface area contributed by atoms with Crippen LogP contribution in [0.2, 0.25) is 0 Å². The number of carbonyl (C=O) groups is 2. The van der Waals surface area contributed by atoms with E-state index in [-0.39, 0.29) is 30.5 Å². The Bertz CT molecular complexity index is 604. The average molecular weight is 290 g/mol. The number of amides is 2. The fourth-order valence-electron chi connectivity index (χ4n) is 1.88. The van der Waals surface area contributed by atoms with Gasteiger partial charge in [-0.2, -0.15) is 5.10 Å². The second kappa shape index (κ2) is 6.74. The summed E-state index contributed by atoms with van der Waals surface area (Å²) in [6.45, 7) is 0.772. The van der Waals surface area contributed by atoms with Crippen molar-refractivity contribution < 1.29 is 14.0 Å². The summed E-state index contributed by atoms with van der Waals surface area (Å²) < 4.78 is 6.66. The number of carbonyl (C=O) groups excluding carboxylic acids is 2. The van der Waals surface area contributed by atoms with Gasteiger partial charge in [0.25, 0.3) is 5.91 Å². The van der Waals surface area contributed by atoms with Crippen molar-refractivity contribution in [1.82, 2.24) is 20.0 Å². The first-order valence-corrected chi connectivity index (χ1v) is 6.59. The molecule has 1 N–H and O–H groups in total. The van der Waals surface area contributed by atoms with Gasteiger partial charge in [0.1, 0.15) is 0 Å². The van der Waals surface area contributed by atoms with Crippen LogP contribution in [-0.4, -0.2) is 40.1 Å². The lowest BCUT2D eigenvalue weighted by Gasteiger charge is -2.16. The van der Waals surface area contributed by atoms with Gasteiger partial charge in [0.2, 0.25) is 5.91 Å². The molecule has 0 aliphatic rings. The number of rotatable bonds is 6. The maximum atomic E-state index is 11.9. The quantitative estimate of drug-likeness (QED) is 0.853. The first-order valence-electron chi connectivity index (χ1n) is 6.59. The minimum Gasteiger partial charge on any atom is -0.459 e. The Labute approximate surface area is 122 Å². The standard InChI is InChI=1S/C14H18N4O3/c1-17(9-11-8-16-18(2)10-11)13(19)5-6-15-14(20)12-4-3-7-21-12/h3-4,7-8,10H,5-6,9H2,1-2H3,(H,15,20). The molecule has 0 saturated heterocycles. The maximum Gasteiger partial charge on any atom is 0.286 e. The normalized spacial score (nSPS) is 10.4. The van der Waals surface area contributed by atoms with Crippen LogP contribution >= 0.6 is 0 Å². The fourth-order valence-corrected chi connectivity index (χ4v) is 1.88. The third-order valence-electron chi connectivity index (χ3n) is 2.97. The van der Waals surface area contributed by atoms with E-state index in [0.717, 1.165) is 5.56 Å². The number of hydrogen-bond donors (Lipinski definition) is 1. The van der Waals surface area contributed by atoms with E-state index < -0.39 is 0 Å². The molecule has 0 fully saturated rings. The number of aryl methyl sites for hydroxylation is 1. The Morgan fingerprint density at radius 2 is 2.29 bits per heavy atom. The molecule has 0 aromatic carbocycles. The summed E-state index contributed by atoms with van der Waals surface area (Å²) in [5.41, 5.74) is 0.966. The predicted octanol–water partition coefficient (Wildman–Crippen LogP) is 0.792. The SMILES string of the molecule is CN(Cc1cnn(C)c1)C(=O)CCNC(=O)c1ccco1. The highest BCUT2D eigenvalue weighted by Crippen LogP contribution is 2.03. The Balaban J connectivity index is 1.72. The summed E-state index contributed by atoms with van der Waals surface area (Å²) in [4.78, 5) is 25.2. The molecule has 2 aromatic heterocycles. The monoisotopic (exact) mass is 290 g/mol. The van der Waals surface area contributed by atoms with Gasteiger partial charge in [-0.15, -0.1) is 0 Å². The number of aromatic nitrogens is 2. The number of hydrogen-bond acceptors (Lipinski definition) is 4. The topological polar surface area (TPSA) is 80.4 Å². The molecule has 0 aliphatic carbocycles. The summed E-state index contributed by atoms with van der Waals surface area (Å²) in [5, 5.41) is 6.70. The van der Waals surface area contributed by atoms with E-state index >= 15 is 0 Å². The lowest BCUT2D eigenvalue weighted by atomic mass is 10.3. The number of nitrogens with zero attached hydrogens (tertiary/aromatic N) is 3. The first kappa shape index (κ1) is 14.8. The highest BCUT2D eigenvalue weighted by Gasteiger charge is 2.12. The Morgan fingerprint density at radius 1 is 1.48 bits per heavy atom. The zero-order valence-electron chi connectivity index (χ0n) is 12.1. The summed E-state index contributed by atoms with van der Waals surface area (Å²) in [6.07, 6.45) is 5.26. The summed E-state index contributed by atoms with van der Waals surface area (Å²) in [5.74, 6) is -0.118. The molecule has 0 bridgehead atoms. The van der Waals surface area contributed by atoms with Crippen LogP contribution in [0, 0.1) is 0 Å². The van der Waals surface area contributed by atoms with Crippen molar-refractivity contribution in [3.63, 3.8) is 0 Å². The Morgan fingerprint density at radius 3 is 2.90 bits per heavy atom. The van der Waals surface area contributed by atoms with Gasteiger partial charge in [0.05, 0.1) is 12.5 Å². The summed E-state index contributed by atoms with van der Waals surface area (Å²) >= 11 is 0. The minimum absolute atomic E-state index is 0.0430. The molecule has 7 nitrogen and oxygen atoms in total. The van der Waals surface area contributed by atoms with E-state index in [4.69, 9.17) is 4.42 Å². The second-order valence-corrected chi connectivity index (χ2v) is 4.76. The Hall–Kier alpha value is -2.57. The van der Waals surface area contributed by atoms with Gasteiger partial charge in [0, 0.05) is 45.4 Å². The molecule has 21 heavy (non-hydrogen) atoms. The molecular weight excluding hydrogens is 272 g/mol. The Kier molecular flexibility index (Phi) is 4.76. The van der Waals surface area contributed by atoms with Gasteiger partial charge in [0.15, 0.2) is 5.76 Å². The van der Waals surface area contributed by atoms with Gasteiger partial charge in [-0.25, -0.2) is 0 Å². The molecule has 0 unspecified atom stereocenters. The van der Waals surface area contributed by atoms with E-state index in [1.165, 1.54) is 6.26 Å². The van der Waals surface area contributed by atoms with Crippen LogP contribution in [0.1, 0.15) is 22.5 Å². The lowest BCUT2D eigenvalue weighted by Crippen LogP contribution is -2.31. The molecule has 7 heteroatoms. The lowest BCUT2D eigenvalue weighted by molar-refractivity contribution is -0.130. The highest BCUT2D eigenvalue weighted by molar-refractivity contribution is 5.91. The highest BCUT2D eigenvalue weighted by atomic mass is 16.3. The molecule has 0 saturated carbocycles. The van der Waals surface area contributed by atoms with E-state index in [0.29, 0.717) is 6.54 Å². The number of nitrogens with one attached hydrogen (secondary N) is 1. The van der Waals surface area contributed by atoms with Crippen LogP contribution in [0.4, 0.5) is 0 Å². The molecule has 112 valence electrons. The largest absolute Gasteiger partial charge is 0.459 e. The molecule has 0 spiro atoms. The van der Waals surface area contributed by atoms with Crippen LogP contribution in [0.3, 0.4) is 0 Å². The molecule has 0 atom stereocenters. The van der Waals surface area contributed by atoms with Crippen molar-refractivity contribution >= 4 is 11.8 Å². The molecule has 2 aromatic rings. The predicted molar refractivity (Wildman–Crippen MR) is 75.3 cm³/mol. The van der Waals surface area contributed by atoms with Gasteiger partial charge < -0.3 is 14.6 Å². The molecule has 2 rings (SSSR count). The van der Waals surface area contributed by atoms with Gasteiger partial charge in [-0.3, -0.25) is 14.3 Å². The second-order valence-electron chi connectivity index (χ2n) is 4.76. The first-order chi connectivity index (χ1) is 10.1. The van der Waals surface area contributed by atoms with Crippen LogP contribution in [0.25, 0.3) is 0 Å². The average Bonchev–Trinajstić information content (AvgIpc) is 3.10. The van der Waals surface area contributed by atoms with E-state index in [1.54, 1.807) is 35.0 Å². The number of furan rings is 1. The zero-order valence-corrected chi connectivity index (χ0v) is 12.1. The molecule has 0 aliphatic heterocycles. The van der Waals surface area contributed by atoms with Crippen molar-refractivity contribution in [2.24, 2.45) is 7.05 Å². The van der Waals surface area contributed by atoms with Gasteiger partial charge >= 0.3 is 0 Å². The van der Waals surface area contributed by atoms with E-state index in [9.17, 15) is 9.59 Å². The third-order valence-corrected chi connectivity index (χ3v) is 2.97. The zero-order chi connectivity index (χ0) is 15.2. The molecular formula is C14H18N4O3. The third kappa shape index (κ3) is 4.20. The minimum atomic E-state index is -0.317. The molecule has 2 amide bonds. The van der Waals surface area contributed by atoms with Crippen molar-refractivity contribution in [3.8, 4) is 0 Å². The van der Waals surface area contributed by atoms with Crippen LogP contribution in [0.5, 0.6) is 0 Å². The maximum absolute atomic E-state index is 11.9.